The predicted molar refractivity (Wildman–Crippen MR) is 238 cm³/mol. The first kappa shape index (κ1) is 55.9. The van der Waals surface area contributed by atoms with Crippen LogP contribution in [0.4, 0.5) is 0 Å². The van der Waals surface area contributed by atoms with Crippen LogP contribution in [0.5, 0.6) is 0 Å². The lowest BCUT2D eigenvalue weighted by Gasteiger charge is -2.40. The molecular weight excluding hydrogens is 751 g/mol. The van der Waals surface area contributed by atoms with E-state index in [-0.39, 0.29) is 12.8 Å². The normalized spacial score (nSPS) is 21.8. The molecule has 0 saturated carbocycles. The minimum absolute atomic E-state index is 0.256. The Hall–Kier alpha value is -1.15. The van der Waals surface area contributed by atoms with Crippen molar-refractivity contribution in [1.82, 2.24) is 5.32 Å². The molecule has 1 heterocycles. The molecule has 1 aliphatic rings. The Balaban J connectivity index is 2.36. The summed E-state index contributed by atoms with van der Waals surface area (Å²) >= 11 is 0. The van der Waals surface area contributed by atoms with Gasteiger partial charge in [-0.25, -0.2) is 0 Å². The number of rotatable bonds is 41. The van der Waals surface area contributed by atoms with Crippen molar-refractivity contribution < 1.29 is 50.0 Å². The fraction of sp³-hybridized carbons (Fsp3) is 0.938. The molecule has 0 bridgehead atoms. The third-order valence-electron chi connectivity index (χ3n) is 12.1. The van der Waals surface area contributed by atoms with Gasteiger partial charge in [0.05, 0.1) is 25.4 Å². The summed E-state index contributed by atoms with van der Waals surface area (Å²) in [5.41, 5.74) is 0. The van der Waals surface area contributed by atoms with Crippen LogP contribution in [-0.2, 0) is 14.3 Å². The molecule has 0 radical (unpaired) electrons. The molecule has 0 spiro atoms. The van der Waals surface area contributed by atoms with Crippen molar-refractivity contribution >= 4 is 5.91 Å². The largest absolute Gasteiger partial charge is 0.394 e. The lowest BCUT2D eigenvalue weighted by Crippen LogP contribution is -2.60. The van der Waals surface area contributed by atoms with Crippen molar-refractivity contribution in [2.24, 2.45) is 0 Å². The lowest BCUT2D eigenvalue weighted by molar-refractivity contribution is -0.303. The second-order valence-electron chi connectivity index (χ2n) is 17.5. The van der Waals surface area contributed by atoms with Gasteiger partial charge in [-0.1, -0.05) is 193 Å². The number of ether oxygens (including phenoxy) is 2. The summed E-state index contributed by atoms with van der Waals surface area (Å²) in [6.45, 7) is 3.40. The Bertz CT molecular complexity index is 970. The van der Waals surface area contributed by atoms with Crippen LogP contribution in [0.1, 0.15) is 219 Å². The van der Waals surface area contributed by atoms with E-state index in [1.807, 2.05) is 0 Å². The fourth-order valence-electron chi connectivity index (χ4n) is 7.97. The molecule has 59 heavy (non-hydrogen) atoms. The highest BCUT2D eigenvalue weighted by Crippen LogP contribution is 2.23. The van der Waals surface area contributed by atoms with E-state index in [0.29, 0.717) is 12.8 Å². The number of carbonyl (C=O) groups is 1. The van der Waals surface area contributed by atoms with Gasteiger partial charge in [0.2, 0.25) is 5.91 Å². The third-order valence-corrected chi connectivity index (χ3v) is 12.1. The van der Waals surface area contributed by atoms with Crippen LogP contribution in [-0.4, -0.2) is 110 Å². The van der Waals surface area contributed by atoms with E-state index in [0.717, 1.165) is 38.5 Å². The van der Waals surface area contributed by atoms with E-state index in [2.05, 4.69) is 31.3 Å². The van der Waals surface area contributed by atoms with Gasteiger partial charge in [-0.3, -0.25) is 4.79 Å². The zero-order chi connectivity index (χ0) is 43.4. The van der Waals surface area contributed by atoms with Crippen molar-refractivity contribution in [3.63, 3.8) is 0 Å². The van der Waals surface area contributed by atoms with Crippen molar-refractivity contribution in [3.05, 3.63) is 12.2 Å². The van der Waals surface area contributed by atoms with Crippen LogP contribution in [0.25, 0.3) is 0 Å². The number of aliphatic hydroxyl groups is 7. The number of amides is 1. The van der Waals surface area contributed by atoms with Gasteiger partial charge < -0.3 is 50.5 Å². The van der Waals surface area contributed by atoms with E-state index in [9.17, 15) is 40.5 Å². The van der Waals surface area contributed by atoms with Gasteiger partial charge in [0.1, 0.15) is 36.6 Å². The van der Waals surface area contributed by atoms with Gasteiger partial charge in [0.25, 0.3) is 0 Å². The quantitative estimate of drug-likeness (QED) is 0.0219. The van der Waals surface area contributed by atoms with Gasteiger partial charge in [-0.15, -0.1) is 0 Å². The summed E-state index contributed by atoms with van der Waals surface area (Å²) in [5, 5.41) is 75.5. The molecule has 350 valence electrons. The van der Waals surface area contributed by atoms with Crippen molar-refractivity contribution in [3.8, 4) is 0 Å². The highest BCUT2D eigenvalue weighted by atomic mass is 16.7. The highest BCUT2D eigenvalue weighted by molar-refractivity contribution is 5.80. The predicted octanol–water partition coefficient (Wildman–Crippen LogP) is 8.45. The Kier molecular flexibility index (Phi) is 36.5. The minimum Gasteiger partial charge on any atom is -0.394 e. The van der Waals surface area contributed by atoms with Crippen LogP contribution in [0, 0.1) is 0 Å². The Labute approximate surface area is 360 Å². The molecule has 1 fully saturated rings. The van der Waals surface area contributed by atoms with Crippen molar-refractivity contribution in [1.29, 1.82) is 0 Å². The molecule has 0 aromatic heterocycles. The van der Waals surface area contributed by atoms with Crippen LogP contribution < -0.4 is 5.32 Å². The van der Waals surface area contributed by atoms with Crippen LogP contribution in [0.15, 0.2) is 12.2 Å². The van der Waals surface area contributed by atoms with Crippen molar-refractivity contribution in [2.45, 2.75) is 274 Å². The van der Waals surface area contributed by atoms with E-state index < -0.39 is 74.2 Å². The van der Waals surface area contributed by atoms with E-state index in [1.165, 1.54) is 141 Å². The van der Waals surface area contributed by atoms with Gasteiger partial charge in [0, 0.05) is 0 Å². The molecule has 1 amide bonds. The summed E-state index contributed by atoms with van der Waals surface area (Å²) in [7, 11) is 0. The standard InChI is InChI=1S/C48H93NO10/c1-3-5-7-9-11-13-14-15-16-17-18-19-20-21-22-23-24-25-26-28-29-31-33-35-40(51)43(53)39(38-58-48-46(56)45(55)44(54)42(37-50)59-48)49-47(57)41(52)36-34-32-30-27-12-10-8-6-4-2/h28-29,39-46,48,50-56H,3-27,30-38H2,1-2H3,(H,49,57)/b29-28+. The summed E-state index contributed by atoms with van der Waals surface area (Å²) < 4.78 is 11.1. The molecule has 0 aromatic rings. The summed E-state index contributed by atoms with van der Waals surface area (Å²) in [6.07, 6.45) is 30.0. The first-order valence-corrected chi connectivity index (χ1v) is 24.6. The number of hydrogen-bond donors (Lipinski definition) is 8. The topological polar surface area (TPSA) is 189 Å². The van der Waals surface area contributed by atoms with Gasteiger partial charge >= 0.3 is 0 Å². The molecule has 1 saturated heterocycles. The van der Waals surface area contributed by atoms with Gasteiger partial charge in [-0.2, -0.15) is 0 Å². The molecule has 9 atom stereocenters. The van der Waals surface area contributed by atoms with Crippen molar-refractivity contribution in [2.75, 3.05) is 13.2 Å². The number of allylic oxidation sites excluding steroid dienone is 2. The molecule has 0 aromatic carbocycles. The van der Waals surface area contributed by atoms with Gasteiger partial charge in [-0.05, 0) is 38.5 Å². The van der Waals surface area contributed by atoms with E-state index >= 15 is 0 Å². The zero-order valence-corrected chi connectivity index (χ0v) is 37.7. The second kappa shape index (κ2) is 38.5. The summed E-state index contributed by atoms with van der Waals surface area (Å²) in [6, 6.07) is -1.18. The Morgan fingerprint density at radius 1 is 0.576 bits per heavy atom. The second-order valence-corrected chi connectivity index (χ2v) is 17.5. The maximum atomic E-state index is 13.0. The molecular formula is C48H93NO10. The first-order valence-electron chi connectivity index (χ1n) is 24.6. The Morgan fingerprint density at radius 3 is 1.46 bits per heavy atom. The molecule has 11 nitrogen and oxygen atoms in total. The third kappa shape index (κ3) is 28.2. The lowest BCUT2D eigenvalue weighted by atomic mass is 9.98. The molecule has 11 heteroatoms. The number of unbranched alkanes of at least 4 members (excludes halogenated alkanes) is 27. The number of carbonyl (C=O) groups excluding carboxylic acids is 1. The molecule has 9 unspecified atom stereocenters. The number of nitrogens with one attached hydrogen (secondary N) is 1. The maximum Gasteiger partial charge on any atom is 0.249 e. The van der Waals surface area contributed by atoms with E-state index in [4.69, 9.17) is 9.47 Å². The minimum atomic E-state index is -1.66. The number of aliphatic hydroxyl groups excluding tert-OH is 7. The fourth-order valence-corrected chi connectivity index (χ4v) is 7.97. The summed E-state index contributed by atoms with van der Waals surface area (Å²) in [5.74, 6) is -0.708. The monoisotopic (exact) mass is 844 g/mol. The summed E-state index contributed by atoms with van der Waals surface area (Å²) in [4.78, 5) is 13.0. The van der Waals surface area contributed by atoms with Crippen LogP contribution in [0.3, 0.4) is 0 Å². The SMILES string of the molecule is CCCCCCCCCCCCCCCCCCCC/C=C/CCCC(O)C(O)C(COC1OC(CO)C(O)C(O)C1O)NC(=O)C(O)CCCCCCCCCCC. The van der Waals surface area contributed by atoms with Crippen LogP contribution >= 0.6 is 0 Å². The first-order chi connectivity index (χ1) is 28.7. The zero-order valence-electron chi connectivity index (χ0n) is 37.7. The molecule has 1 aliphatic heterocycles. The average Bonchev–Trinajstić information content (AvgIpc) is 3.23. The average molecular weight is 844 g/mol. The van der Waals surface area contributed by atoms with E-state index in [1.54, 1.807) is 0 Å². The molecule has 0 aliphatic carbocycles. The Morgan fingerprint density at radius 2 is 1.00 bits per heavy atom. The van der Waals surface area contributed by atoms with Crippen LogP contribution in [0.2, 0.25) is 0 Å². The highest BCUT2D eigenvalue weighted by Gasteiger charge is 2.44. The molecule has 1 rings (SSSR count). The van der Waals surface area contributed by atoms with Gasteiger partial charge in [0.15, 0.2) is 6.29 Å². The maximum absolute atomic E-state index is 13.0. The smallest absolute Gasteiger partial charge is 0.249 e. The molecule has 8 N–H and O–H groups in total. The number of hydrogen-bond acceptors (Lipinski definition) is 10.